The van der Waals surface area contributed by atoms with Crippen molar-refractivity contribution in [3.63, 3.8) is 0 Å². The molecule has 1 unspecified atom stereocenters. The van der Waals surface area contributed by atoms with Gasteiger partial charge in [0, 0.05) is 24.9 Å². The molecule has 2 heterocycles. The van der Waals surface area contributed by atoms with Crippen molar-refractivity contribution in [3.05, 3.63) is 45.9 Å². The Kier molecular flexibility index (Phi) is 7.08. The molecule has 4 rings (SSSR count). The number of aryl methyl sites for hydroxylation is 1. The molecule has 0 bridgehead atoms. The molecule has 1 aliphatic heterocycles. The smallest absolute Gasteiger partial charge is 0.243 e. The van der Waals surface area contributed by atoms with Crippen molar-refractivity contribution in [2.75, 3.05) is 13.1 Å². The van der Waals surface area contributed by atoms with E-state index in [9.17, 15) is 13.2 Å². The fraction of sp³-hybridized carbons (Fsp3) is 0.565. The van der Waals surface area contributed by atoms with Gasteiger partial charge in [-0.3, -0.25) is 4.79 Å². The Labute approximate surface area is 189 Å². The van der Waals surface area contributed by atoms with Crippen LogP contribution in [0.2, 0.25) is 0 Å². The molecule has 1 atom stereocenters. The van der Waals surface area contributed by atoms with Crippen LogP contribution in [0, 0.1) is 6.92 Å². The molecule has 1 aromatic carbocycles. The number of carbonyl (C=O) groups excluding carboxylic acids is 1. The number of hydrogen-bond donors (Lipinski definition) is 1. The third-order valence-corrected chi connectivity index (χ3v) is 9.16. The third-order valence-electron chi connectivity index (χ3n) is 6.42. The van der Waals surface area contributed by atoms with Crippen LogP contribution in [0.5, 0.6) is 0 Å². The number of nitrogens with one attached hydrogen (secondary N) is 1. The molecule has 1 amide bonds. The van der Waals surface area contributed by atoms with Crippen molar-refractivity contribution < 1.29 is 13.2 Å². The Morgan fingerprint density at radius 3 is 2.55 bits per heavy atom. The quantitative estimate of drug-likeness (QED) is 0.676. The van der Waals surface area contributed by atoms with E-state index < -0.39 is 16.1 Å². The van der Waals surface area contributed by atoms with Gasteiger partial charge in [0.15, 0.2) is 0 Å². The summed E-state index contributed by atoms with van der Waals surface area (Å²) in [5.41, 5.74) is 2.18. The van der Waals surface area contributed by atoms with Crippen LogP contribution in [0.4, 0.5) is 0 Å². The first kappa shape index (κ1) is 22.4. The topological polar surface area (TPSA) is 79.4 Å². The highest BCUT2D eigenvalue weighted by molar-refractivity contribution is 7.89. The van der Waals surface area contributed by atoms with Crippen LogP contribution in [0.25, 0.3) is 0 Å². The Morgan fingerprint density at radius 1 is 1.13 bits per heavy atom. The summed E-state index contributed by atoms with van der Waals surface area (Å²) < 4.78 is 27.9. The van der Waals surface area contributed by atoms with Gasteiger partial charge in [0.2, 0.25) is 15.9 Å². The van der Waals surface area contributed by atoms with Crippen LogP contribution < -0.4 is 5.32 Å². The molecule has 0 radical (unpaired) electrons. The van der Waals surface area contributed by atoms with Gasteiger partial charge in [-0.1, -0.05) is 31.4 Å². The van der Waals surface area contributed by atoms with Crippen LogP contribution in [-0.4, -0.2) is 42.7 Å². The number of hydrogen-bond acceptors (Lipinski definition) is 5. The summed E-state index contributed by atoms with van der Waals surface area (Å²) in [7, 11) is -3.69. The Hall–Kier alpha value is -1.77. The molecule has 8 heteroatoms. The van der Waals surface area contributed by atoms with Gasteiger partial charge >= 0.3 is 0 Å². The maximum Gasteiger partial charge on any atom is 0.243 e. The van der Waals surface area contributed by atoms with Crippen molar-refractivity contribution in [3.8, 4) is 0 Å². The summed E-state index contributed by atoms with van der Waals surface area (Å²) in [6.07, 6.45) is 8.06. The zero-order valence-corrected chi connectivity index (χ0v) is 19.7. The lowest BCUT2D eigenvalue weighted by molar-refractivity contribution is -0.124. The number of amides is 1. The maximum atomic E-state index is 13.3. The Morgan fingerprint density at radius 2 is 1.87 bits per heavy atom. The molecule has 2 aliphatic rings. The normalized spacial score (nSPS) is 20.7. The minimum absolute atomic E-state index is 0.216. The highest BCUT2D eigenvalue weighted by Gasteiger charge is 2.39. The number of nitrogens with zero attached hydrogens (tertiary/aromatic N) is 2. The molecule has 1 aromatic heterocycles. The second kappa shape index (κ2) is 9.79. The SMILES string of the molecule is Cc1nc(CCNC(=O)C2CCCN2S(=O)(=O)c2ccc(C3CCCCC3)cc2)cs1. The number of thiazole rings is 1. The summed E-state index contributed by atoms with van der Waals surface area (Å²) in [5, 5.41) is 5.90. The van der Waals surface area contributed by atoms with Crippen molar-refractivity contribution in [1.82, 2.24) is 14.6 Å². The predicted molar refractivity (Wildman–Crippen MR) is 123 cm³/mol. The zero-order valence-electron chi connectivity index (χ0n) is 18.0. The summed E-state index contributed by atoms with van der Waals surface area (Å²) in [4.78, 5) is 17.4. The molecule has 6 nitrogen and oxygen atoms in total. The molecular weight excluding hydrogens is 430 g/mol. The van der Waals surface area contributed by atoms with Crippen LogP contribution >= 0.6 is 11.3 Å². The average Bonchev–Trinajstić information content (AvgIpc) is 3.44. The van der Waals surface area contributed by atoms with Gasteiger partial charge in [-0.25, -0.2) is 13.4 Å². The Balaban J connectivity index is 1.39. The van der Waals surface area contributed by atoms with Crippen LogP contribution in [0.3, 0.4) is 0 Å². The number of rotatable bonds is 7. The Bertz CT molecular complexity index is 995. The fourth-order valence-corrected chi connectivity index (χ4v) is 7.03. The first-order valence-corrected chi connectivity index (χ1v) is 13.6. The van der Waals surface area contributed by atoms with E-state index >= 15 is 0 Å². The third kappa shape index (κ3) is 5.18. The van der Waals surface area contributed by atoms with Gasteiger partial charge in [-0.2, -0.15) is 4.31 Å². The molecule has 1 aliphatic carbocycles. The van der Waals surface area contributed by atoms with Gasteiger partial charge in [-0.15, -0.1) is 11.3 Å². The van der Waals surface area contributed by atoms with E-state index in [-0.39, 0.29) is 10.8 Å². The van der Waals surface area contributed by atoms with E-state index in [1.54, 1.807) is 23.5 Å². The number of aromatic nitrogens is 1. The highest BCUT2D eigenvalue weighted by Crippen LogP contribution is 2.33. The molecule has 1 saturated carbocycles. The fourth-order valence-electron chi connectivity index (χ4n) is 4.73. The minimum Gasteiger partial charge on any atom is -0.354 e. The molecule has 0 spiro atoms. The molecule has 2 fully saturated rings. The number of carbonyl (C=O) groups is 1. The van der Waals surface area contributed by atoms with E-state index in [4.69, 9.17) is 0 Å². The lowest BCUT2D eigenvalue weighted by atomic mass is 9.84. The average molecular weight is 462 g/mol. The maximum absolute atomic E-state index is 13.3. The second-order valence-electron chi connectivity index (χ2n) is 8.58. The van der Waals surface area contributed by atoms with E-state index in [0.717, 1.165) is 10.7 Å². The molecular formula is C23H31N3O3S2. The minimum atomic E-state index is -3.69. The van der Waals surface area contributed by atoms with Crippen molar-refractivity contribution in [2.45, 2.75) is 75.1 Å². The van der Waals surface area contributed by atoms with Gasteiger partial charge in [0.05, 0.1) is 15.6 Å². The predicted octanol–water partition coefficient (Wildman–Crippen LogP) is 4.01. The summed E-state index contributed by atoms with van der Waals surface area (Å²) in [6, 6.07) is 6.72. The molecule has 1 N–H and O–H groups in total. The van der Waals surface area contributed by atoms with Gasteiger partial charge in [-0.05, 0) is 56.2 Å². The van der Waals surface area contributed by atoms with Crippen molar-refractivity contribution in [2.24, 2.45) is 0 Å². The van der Waals surface area contributed by atoms with Crippen LogP contribution in [-0.2, 0) is 21.2 Å². The molecule has 1 saturated heterocycles. The molecule has 31 heavy (non-hydrogen) atoms. The summed E-state index contributed by atoms with van der Waals surface area (Å²) in [5.74, 6) is 0.323. The van der Waals surface area contributed by atoms with E-state index in [2.05, 4.69) is 10.3 Å². The van der Waals surface area contributed by atoms with Gasteiger partial charge < -0.3 is 5.32 Å². The van der Waals surface area contributed by atoms with Crippen molar-refractivity contribution >= 4 is 27.3 Å². The van der Waals surface area contributed by atoms with E-state index in [0.29, 0.717) is 38.3 Å². The lowest BCUT2D eigenvalue weighted by Crippen LogP contribution is -2.46. The van der Waals surface area contributed by atoms with Gasteiger partial charge in [0.25, 0.3) is 0 Å². The van der Waals surface area contributed by atoms with E-state index in [1.165, 1.54) is 42.0 Å². The first-order valence-electron chi connectivity index (χ1n) is 11.3. The zero-order chi connectivity index (χ0) is 21.8. The summed E-state index contributed by atoms with van der Waals surface area (Å²) in [6.45, 7) is 2.80. The van der Waals surface area contributed by atoms with Crippen LogP contribution in [0.15, 0.2) is 34.5 Å². The largest absolute Gasteiger partial charge is 0.354 e. The number of benzene rings is 1. The highest BCUT2D eigenvalue weighted by atomic mass is 32.2. The standard InChI is InChI=1S/C23H31N3O3S2/c1-17-25-20(16-30-17)13-14-24-23(27)22-8-5-15-26(22)31(28,29)21-11-9-19(10-12-21)18-6-3-2-4-7-18/h9-12,16,18,22H,2-8,13-15H2,1H3,(H,24,27). The first-order chi connectivity index (χ1) is 14.9. The molecule has 168 valence electrons. The molecule has 2 aromatic rings. The van der Waals surface area contributed by atoms with Gasteiger partial charge in [0.1, 0.15) is 6.04 Å². The van der Waals surface area contributed by atoms with Crippen LogP contribution in [0.1, 0.15) is 67.1 Å². The number of sulfonamides is 1. The van der Waals surface area contributed by atoms with Crippen molar-refractivity contribution in [1.29, 1.82) is 0 Å². The second-order valence-corrected chi connectivity index (χ2v) is 11.5. The summed E-state index contributed by atoms with van der Waals surface area (Å²) >= 11 is 1.59. The van der Waals surface area contributed by atoms with E-state index in [1.807, 2.05) is 24.4 Å². The lowest BCUT2D eigenvalue weighted by Gasteiger charge is -2.24. The monoisotopic (exact) mass is 461 g/mol.